The molecule has 1 amide bonds. The van der Waals surface area contributed by atoms with Crippen LogP contribution in [0, 0.1) is 11.8 Å². The topological polar surface area (TPSA) is 61.4 Å². The van der Waals surface area contributed by atoms with Gasteiger partial charge in [-0.2, -0.15) is 0 Å². The zero-order chi connectivity index (χ0) is 17.9. The number of anilines is 1. The number of amides is 1. The molecule has 0 aliphatic carbocycles. The molecule has 0 radical (unpaired) electrons. The van der Waals surface area contributed by atoms with Gasteiger partial charge in [0.15, 0.2) is 0 Å². The molecule has 6 nitrogen and oxygen atoms in total. The molecule has 0 spiro atoms. The Hall–Kier alpha value is -2.47. The fraction of sp³-hybridized carbons (Fsp3) is 0.450. The van der Waals surface area contributed by atoms with Gasteiger partial charge in [-0.05, 0) is 17.9 Å². The second-order valence-corrected chi connectivity index (χ2v) is 7.36. The van der Waals surface area contributed by atoms with Crippen molar-refractivity contribution < 1.29 is 4.79 Å². The van der Waals surface area contributed by atoms with Gasteiger partial charge in [0.2, 0.25) is 11.9 Å². The maximum absolute atomic E-state index is 12.3. The standard InChI is InChI=1S/C20H25N5O/c1-24-8-7-17-13-25(14-18(17)19(24)26)12-16-10-22-20(23-11-16)21-9-15-5-3-2-4-6-15/h2-6,10-11,17-18H,7-9,12-14H2,1H3,(H,21,22,23)/t17-,18+/m1/s1. The van der Waals surface area contributed by atoms with Crippen LogP contribution < -0.4 is 5.32 Å². The first-order valence-corrected chi connectivity index (χ1v) is 9.25. The first-order chi connectivity index (χ1) is 12.7. The number of aromatic nitrogens is 2. The number of carbonyl (C=O) groups excluding carboxylic acids is 1. The zero-order valence-electron chi connectivity index (χ0n) is 15.1. The lowest BCUT2D eigenvalue weighted by atomic mass is 9.88. The van der Waals surface area contributed by atoms with Crippen molar-refractivity contribution in [1.29, 1.82) is 0 Å². The molecule has 0 unspecified atom stereocenters. The summed E-state index contributed by atoms with van der Waals surface area (Å²) >= 11 is 0. The molecule has 2 fully saturated rings. The van der Waals surface area contributed by atoms with Crippen molar-refractivity contribution in [2.24, 2.45) is 11.8 Å². The van der Waals surface area contributed by atoms with Gasteiger partial charge in [-0.1, -0.05) is 30.3 Å². The van der Waals surface area contributed by atoms with Gasteiger partial charge in [0, 0.05) is 57.7 Å². The molecule has 136 valence electrons. The summed E-state index contributed by atoms with van der Waals surface area (Å²) in [4.78, 5) is 25.4. The van der Waals surface area contributed by atoms with Crippen LogP contribution in [0.1, 0.15) is 17.5 Å². The number of rotatable bonds is 5. The minimum Gasteiger partial charge on any atom is -0.350 e. The highest BCUT2D eigenvalue weighted by Crippen LogP contribution is 2.32. The maximum atomic E-state index is 12.3. The molecule has 0 bridgehead atoms. The van der Waals surface area contributed by atoms with E-state index in [0.717, 1.165) is 38.2 Å². The van der Waals surface area contributed by atoms with E-state index in [-0.39, 0.29) is 5.92 Å². The zero-order valence-corrected chi connectivity index (χ0v) is 15.1. The van der Waals surface area contributed by atoms with E-state index in [2.05, 4.69) is 32.3 Å². The largest absolute Gasteiger partial charge is 0.350 e. The Kier molecular flexibility index (Phi) is 4.84. The van der Waals surface area contributed by atoms with Crippen molar-refractivity contribution in [2.75, 3.05) is 32.0 Å². The van der Waals surface area contributed by atoms with Crippen molar-refractivity contribution >= 4 is 11.9 Å². The number of nitrogens with zero attached hydrogens (tertiary/aromatic N) is 4. The molecule has 1 aromatic heterocycles. The van der Waals surface area contributed by atoms with Gasteiger partial charge in [0.1, 0.15) is 0 Å². The number of likely N-dealkylation sites (tertiary alicyclic amines) is 2. The molecule has 2 saturated heterocycles. The van der Waals surface area contributed by atoms with Crippen LogP contribution in [0.15, 0.2) is 42.7 Å². The van der Waals surface area contributed by atoms with Crippen LogP contribution in [0.3, 0.4) is 0 Å². The predicted octanol–water partition coefficient (Wildman–Crippen LogP) is 2.00. The first-order valence-electron chi connectivity index (χ1n) is 9.25. The predicted molar refractivity (Wildman–Crippen MR) is 100 cm³/mol. The Morgan fingerprint density at radius 2 is 1.88 bits per heavy atom. The highest BCUT2D eigenvalue weighted by Gasteiger charge is 2.41. The molecular formula is C20H25N5O. The SMILES string of the molecule is CN1CC[C@@H]2CN(Cc3cnc(NCc4ccccc4)nc3)C[C@@H]2C1=O. The van der Waals surface area contributed by atoms with Crippen molar-refractivity contribution in [3.63, 3.8) is 0 Å². The van der Waals surface area contributed by atoms with E-state index >= 15 is 0 Å². The lowest BCUT2D eigenvalue weighted by molar-refractivity contribution is -0.137. The Balaban J connectivity index is 1.31. The summed E-state index contributed by atoms with van der Waals surface area (Å²) in [5.74, 6) is 1.62. The van der Waals surface area contributed by atoms with Gasteiger partial charge in [0.05, 0.1) is 5.92 Å². The number of nitrogens with one attached hydrogen (secondary N) is 1. The van der Waals surface area contributed by atoms with E-state index < -0.39 is 0 Å². The first kappa shape index (κ1) is 17.0. The van der Waals surface area contributed by atoms with E-state index in [1.165, 1.54) is 5.56 Å². The minimum atomic E-state index is 0.168. The van der Waals surface area contributed by atoms with Crippen LogP contribution in [-0.4, -0.2) is 52.4 Å². The molecule has 3 heterocycles. The third-order valence-electron chi connectivity index (χ3n) is 5.45. The van der Waals surface area contributed by atoms with Crippen LogP contribution in [0.2, 0.25) is 0 Å². The summed E-state index contributed by atoms with van der Waals surface area (Å²) in [6, 6.07) is 10.2. The van der Waals surface area contributed by atoms with Crippen molar-refractivity contribution in [1.82, 2.24) is 19.8 Å². The highest BCUT2D eigenvalue weighted by atomic mass is 16.2. The van der Waals surface area contributed by atoms with Gasteiger partial charge in [0.25, 0.3) is 0 Å². The van der Waals surface area contributed by atoms with Crippen LogP contribution in [0.5, 0.6) is 0 Å². The van der Waals surface area contributed by atoms with Gasteiger partial charge in [-0.25, -0.2) is 9.97 Å². The van der Waals surface area contributed by atoms with E-state index in [1.54, 1.807) is 0 Å². The number of fused-ring (bicyclic) bond motifs is 1. The monoisotopic (exact) mass is 351 g/mol. The number of hydrogen-bond acceptors (Lipinski definition) is 5. The van der Waals surface area contributed by atoms with Crippen LogP contribution in [0.25, 0.3) is 0 Å². The van der Waals surface area contributed by atoms with E-state index in [9.17, 15) is 4.79 Å². The summed E-state index contributed by atoms with van der Waals surface area (Å²) in [6.45, 7) is 4.26. The summed E-state index contributed by atoms with van der Waals surface area (Å²) in [5.41, 5.74) is 2.30. The van der Waals surface area contributed by atoms with Crippen LogP contribution in [-0.2, 0) is 17.9 Å². The highest BCUT2D eigenvalue weighted by molar-refractivity contribution is 5.80. The summed E-state index contributed by atoms with van der Waals surface area (Å²) < 4.78 is 0. The molecule has 2 aliphatic heterocycles. The second kappa shape index (κ2) is 7.41. The van der Waals surface area contributed by atoms with E-state index in [0.29, 0.717) is 24.3 Å². The quantitative estimate of drug-likeness (QED) is 0.893. The van der Waals surface area contributed by atoms with Gasteiger partial charge in [-0.15, -0.1) is 0 Å². The van der Waals surface area contributed by atoms with Crippen LogP contribution in [0.4, 0.5) is 5.95 Å². The average Bonchev–Trinajstić information content (AvgIpc) is 3.08. The summed E-state index contributed by atoms with van der Waals surface area (Å²) in [5, 5.41) is 3.25. The molecule has 26 heavy (non-hydrogen) atoms. The number of piperidine rings is 1. The lowest BCUT2D eigenvalue weighted by Gasteiger charge is -2.30. The molecule has 1 aromatic carbocycles. The van der Waals surface area contributed by atoms with Gasteiger partial charge in [-0.3, -0.25) is 9.69 Å². The molecule has 2 aromatic rings. The Labute approximate surface area is 154 Å². The minimum absolute atomic E-state index is 0.168. The number of hydrogen-bond donors (Lipinski definition) is 1. The van der Waals surface area contributed by atoms with Crippen molar-refractivity contribution in [2.45, 2.75) is 19.5 Å². The Morgan fingerprint density at radius 3 is 2.65 bits per heavy atom. The van der Waals surface area contributed by atoms with Crippen molar-refractivity contribution in [3.05, 3.63) is 53.9 Å². The fourth-order valence-corrected chi connectivity index (χ4v) is 3.98. The summed E-state index contributed by atoms with van der Waals surface area (Å²) in [7, 11) is 1.91. The van der Waals surface area contributed by atoms with Gasteiger partial charge < -0.3 is 10.2 Å². The summed E-state index contributed by atoms with van der Waals surface area (Å²) in [6.07, 6.45) is 4.88. The molecule has 0 saturated carbocycles. The van der Waals surface area contributed by atoms with E-state index in [1.807, 2.05) is 42.5 Å². The molecule has 2 atom stereocenters. The Morgan fingerprint density at radius 1 is 1.12 bits per heavy atom. The molecule has 2 aliphatic rings. The second-order valence-electron chi connectivity index (χ2n) is 7.36. The fourth-order valence-electron chi connectivity index (χ4n) is 3.98. The lowest BCUT2D eigenvalue weighted by Crippen LogP contribution is -2.42. The normalized spacial score (nSPS) is 23.1. The van der Waals surface area contributed by atoms with Crippen LogP contribution >= 0.6 is 0 Å². The van der Waals surface area contributed by atoms with Crippen molar-refractivity contribution in [3.8, 4) is 0 Å². The third kappa shape index (κ3) is 3.70. The molecule has 6 heteroatoms. The number of carbonyl (C=O) groups is 1. The molecule has 1 N–H and O–H groups in total. The smallest absolute Gasteiger partial charge is 0.227 e. The number of benzene rings is 1. The third-order valence-corrected chi connectivity index (χ3v) is 5.45. The Bertz CT molecular complexity index is 749. The van der Waals surface area contributed by atoms with Gasteiger partial charge >= 0.3 is 0 Å². The van der Waals surface area contributed by atoms with E-state index in [4.69, 9.17) is 0 Å². The molecule has 4 rings (SSSR count). The maximum Gasteiger partial charge on any atom is 0.227 e. The molecular weight excluding hydrogens is 326 g/mol. The average molecular weight is 351 g/mol.